The lowest BCUT2D eigenvalue weighted by molar-refractivity contribution is -0.155. The second-order valence-corrected chi connectivity index (χ2v) is 11.1. The first-order valence-electron chi connectivity index (χ1n) is 13.9. The fourth-order valence-corrected chi connectivity index (χ4v) is 7.01. The van der Waals surface area contributed by atoms with Gasteiger partial charge in [-0.15, -0.1) is 0 Å². The lowest BCUT2D eigenvalue weighted by Gasteiger charge is -2.39. The van der Waals surface area contributed by atoms with Crippen LogP contribution in [-0.2, 0) is 30.3 Å². The Morgan fingerprint density at radius 3 is 2.48 bits per heavy atom. The third-order valence-corrected chi connectivity index (χ3v) is 8.69. The number of amides is 2. The highest BCUT2D eigenvalue weighted by Crippen LogP contribution is 2.54. The van der Waals surface area contributed by atoms with E-state index in [0.717, 1.165) is 22.4 Å². The Hall–Kier alpha value is -3.75. The van der Waals surface area contributed by atoms with Crippen molar-refractivity contribution in [1.82, 2.24) is 4.90 Å². The maximum absolute atomic E-state index is 14.7. The summed E-state index contributed by atoms with van der Waals surface area (Å²) in [4.78, 5) is 45.7. The maximum Gasteiger partial charge on any atom is 0.312 e. The molecule has 2 saturated heterocycles. The fourth-order valence-electron chi connectivity index (χ4n) is 7.01. The molecule has 4 heterocycles. The number of aliphatic hydroxyl groups is 1. The van der Waals surface area contributed by atoms with Gasteiger partial charge in [0.1, 0.15) is 17.6 Å². The number of carbonyl (C=O) groups is 3. The minimum Gasteiger partial charge on any atom is -0.465 e. The van der Waals surface area contributed by atoms with Gasteiger partial charge in [0.15, 0.2) is 0 Å². The highest BCUT2D eigenvalue weighted by molar-refractivity contribution is 6.06. The molecule has 40 heavy (non-hydrogen) atoms. The van der Waals surface area contributed by atoms with Crippen LogP contribution >= 0.6 is 0 Å². The molecule has 0 aliphatic carbocycles. The summed E-state index contributed by atoms with van der Waals surface area (Å²) in [6.45, 7) is 4.08. The van der Waals surface area contributed by atoms with Crippen molar-refractivity contribution in [1.29, 1.82) is 0 Å². The zero-order valence-corrected chi connectivity index (χ0v) is 22.7. The number of anilines is 1. The van der Waals surface area contributed by atoms with Gasteiger partial charge < -0.3 is 24.4 Å². The topological polar surface area (TPSA) is 96.4 Å². The van der Waals surface area contributed by atoms with Crippen molar-refractivity contribution >= 4 is 23.5 Å². The molecule has 0 saturated carbocycles. The van der Waals surface area contributed by atoms with Gasteiger partial charge in [-0.25, -0.2) is 0 Å². The molecule has 4 aliphatic rings. The average molecular weight is 543 g/mol. The summed E-state index contributed by atoms with van der Waals surface area (Å²) in [7, 11) is 0. The van der Waals surface area contributed by atoms with Crippen molar-refractivity contribution < 1.29 is 29.0 Å². The summed E-state index contributed by atoms with van der Waals surface area (Å²) >= 11 is 0. The number of cyclic esters (lactones) is 1. The van der Waals surface area contributed by atoms with Crippen LogP contribution in [0.4, 0.5) is 5.69 Å². The number of nitrogens with zero attached hydrogens (tertiary/aromatic N) is 2. The van der Waals surface area contributed by atoms with E-state index in [9.17, 15) is 19.5 Å². The Kier molecular flexibility index (Phi) is 6.84. The highest BCUT2D eigenvalue weighted by atomic mass is 16.6. The maximum atomic E-state index is 14.7. The Balaban J connectivity index is 1.50. The predicted molar refractivity (Wildman–Crippen MR) is 148 cm³/mol. The molecular formula is C32H34N2O6. The van der Waals surface area contributed by atoms with Gasteiger partial charge in [-0.3, -0.25) is 14.4 Å². The summed E-state index contributed by atoms with van der Waals surface area (Å²) in [5, 5.41) is 10.6. The Morgan fingerprint density at radius 2 is 1.75 bits per heavy atom. The molecule has 2 fully saturated rings. The van der Waals surface area contributed by atoms with Gasteiger partial charge >= 0.3 is 5.97 Å². The molecule has 8 heteroatoms. The minimum atomic E-state index is -1.38. The summed E-state index contributed by atoms with van der Waals surface area (Å²) in [6, 6.07) is 13.7. The van der Waals surface area contributed by atoms with Gasteiger partial charge in [-0.1, -0.05) is 72.8 Å². The standard InChI is InChI=1S/C32H34N2O6/c1-20-10-8-11-21(2)27(20)33-16-9-15-32-26(25-24(40-32)14-6-7-17-39-31(25)38)29(36)34(28(32)30(33)37)23(19-35)18-22-12-4-3-5-13-22/h3-6,8-15,23-26,28,35H,7,16-19H2,1-2H3/t23-,24-,25+,26+,28?,32+/m1/s1. The molecule has 0 radical (unpaired) electrons. The van der Waals surface area contributed by atoms with Gasteiger partial charge in [-0.05, 0) is 43.4 Å². The Morgan fingerprint density at radius 1 is 1.00 bits per heavy atom. The quantitative estimate of drug-likeness (QED) is 0.461. The number of likely N-dealkylation sites (tertiary alicyclic amines) is 1. The zero-order valence-electron chi connectivity index (χ0n) is 22.7. The molecule has 8 nitrogen and oxygen atoms in total. The molecule has 4 aliphatic heterocycles. The van der Waals surface area contributed by atoms with Gasteiger partial charge in [0.2, 0.25) is 5.91 Å². The van der Waals surface area contributed by atoms with Gasteiger partial charge in [0.25, 0.3) is 5.91 Å². The van der Waals surface area contributed by atoms with E-state index < -0.39 is 41.6 Å². The number of carbonyl (C=O) groups excluding carboxylic acids is 3. The van der Waals surface area contributed by atoms with Crippen molar-refractivity contribution in [2.24, 2.45) is 11.8 Å². The van der Waals surface area contributed by atoms with Crippen molar-refractivity contribution in [2.45, 2.75) is 50.5 Å². The third-order valence-electron chi connectivity index (χ3n) is 8.69. The van der Waals surface area contributed by atoms with Crippen LogP contribution in [0.1, 0.15) is 23.1 Å². The van der Waals surface area contributed by atoms with E-state index >= 15 is 0 Å². The summed E-state index contributed by atoms with van der Waals surface area (Å²) in [5.74, 6) is -3.01. The smallest absolute Gasteiger partial charge is 0.312 e. The largest absolute Gasteiger partial charge is 0.465 e. The van der Waals surface area contributed by atoms with Crippen LogP contribution in [-0.4, -0.2) is 71.3 Å². The number of hydrogen-bond acceptors (Lipinski definition) is 6. The first kappa shape index (κ1) is 26.5. The van der Waals surface area contributed by atoms with Crippen LogP contribution in [0.2, 0.25) is 0 Å². The first-order valence-corrected chi connectivity index (χ1v) is 13.9. The number of para-hydroxylation sites is 1. The summed E-state index contributed by atoms with van der Waals surface area (Å²) in [5.41, 5.74) is 2.21. The van der Waals surface area contributed by atoms with E-state index in [4.69, 9.17) is 9.47 Å². The molecule has 2 aromatic rings. The van der Waals surface area contributed by atoms with E-state index in [1.807, 2.05) is 86.7 Å². The van der Waals surface area contributed by atoms with Crippen molar-refractivity contribution in [3.05, 3.63) is 89.5 Å². The van der Waals surface area contributed by atoms with E-state index in [1.54, 1.807) is 4.90 Å². The average Bonchev–Trinajstić information content (AvgIpc) is 3.32. The van der Waals surface area contributed by atoms with Gasteiger partial charge in [-0.2, -0.15) is 0 Å². The second kappa shape index (κ2) is 10.3. The molecule has 0 aromatic heterocycles. The summed E-state index contributed by atoms with van der Waals surface area (Å²) in [6.07, 6.45) is 7.61. The number of esters is 1. The Bertz CT molecular complexity index is 1370. The third kappa shape index (κ3) is 4.09. The molecule has 208 valence electrons. The van der Waals surface area contributed by atoms with E-state index in [0.29, 0.717) is 19.4 Å². The lowest BCUT2D eigenvalue weighted by atomic mass is 9.77. The predicted octanol–water partition coefficient (Wildman–Crippen LogP) is 2.89. The van der Waals surface area contributed by atoms with Crippen LogP contribution in [0.15, 0.2) is 72.8 Å². The molecular weight excluding hydrogens is 508 g/mol. The van der Waals surface area contributed by atoms with Gasteiger partial charge in [0, 0.05) is 12.2 Å². The molecule has 6 rings (SSSR count). The second-order valence-electron chi connectivity index (χ2n) is 11.1. The fraction of sp³-hybridized carbons (Fsp3) is 0.406. The van der Waals surface area contributed by atoms with E-state index in [-0.39, 0.29) is 25.0 Å². The molecule has 1 N–H and O–H groups in total. The monoisotopic (exact) mass is 542 g/mol. The molecule has 6 atom stereocenters. The highest BCUT2D eigenvalue weighted by Gasteiger charge is 2.72. The summed E-state index contributed by atoms with van der Waals surface area (Å²) < 4.78 is 12.2. The number of ether oxygens (including phenoxy) is 2. The number of rotatable bonds is 5. The number of aryl methyl sites for hydroxylation is 2. The first-order chi connectivity index (χ1) is 19.4. The van der Waals surface area contributed by atoms with Crippen LogP contribution in [0.3, 0.4) is 0 Å². The molecule has 2 amide bonds. The van der Waals surface area contributed by atoms with E-state index in [1.165, 1.54) is 4.90 Å². The van der Waals surface area contributed by atoms with Gasteiger partial charge in [0.05, 0.1) is 31.3 Å². The molecule has 2 aromatic carbocycles. The number of benzene rings is 2. The number of fused-ring (bicyclic) bond motifs is 2. The lowest BCUT2D eigenvalue weighted by Crippen LogP contribution is -2.58. The molecule has 1 spiro atoms. The van der Waals surface area contributed by atoms with Crippen LogP contribution in [0.5, 0.6) is 0 Å². The van der Waals surface area contributed by atoms with Crippen LogP contribution < -0.4 is 4.90 Å². The van der Waals surface area contributed by atoms with Crippen molar-refractivity contribution in [3.8, 4) is 0 Å². The number of aliphatic hydroxyl groups excluding tert-OH is 1. The Labute approximate surface area is 233 Å². The zero-order chi connectivity index (χ0) is 28.0. The van der Waals surface area contributed by atoms with Crippen LogP contribution in [0.25, 0.3) is 0 Å². The molecule has 0 bridgehead atoms. The van der Waals surface area contributed by atoms with Crippen molar-refractivity contribution in [3.63, 3.8) is 0 Å². The van der Waals surface area contributed by atoms with Crippen molar-refractivity contribution in [2.75, 3.05) is 24.7 Å². The number of hydrogen-bond donors (Lipinski definition) is 1. The molecule has 1 unspecified atom stereocenters. The minimum absolute atomic E-state index is 0.224. The van der Waals surface area contributed by atoms with E-state index in [2.05, 4.69) is 0 Å². The van der Waals surface area contributed by atoms with Crippen LogP contribution in [0, 0.1) is 25.7 Å². The SMILES string of the molecule is Cc1cccc(C)c1N1CC=C[C@]23O[C@@H]4C=CCCOC(=O)[C@@H]4[C@H]2C(=O)N([C@@H](CO)Cc2ccccc2)C3C1=O. The normalized spacial score (nSPS) is 30.2.